The Labute approximate surface area is 75.0 Å². The fraction of sp³-hybridized carbons (Fsp3) is 0.833. The van der Waals surface area contributed by atoms with E-state index in [0.717, 1.165) is 11.3 Å². The minimum absolute atomic E-state index is 0.674. The number of rotatable bonds is 0. The van der Waals surface area contributed by atoms with E-state index in [0.29, 0.717) is 5.41 Å². The van der Waals surface area contributed by atoms with Crippen LogP contribution in [0.15, 0.2) is 12.2 Å². The smallest absolute Gasteiger partial charge is 0.00333 e. The molecule has 0 aromatic heterocycles. The van der Waals surface area contributed by atoms with Crippen LogP contribution in [0.25, 0.3) is 0 Å². The lowest BCUT2D eigenvalue weighted by atomic mass is 9.67. The van der Waals surface area contributed by atoms with Gasteiger partial charge in [-0.25, -0.2) is 0 Å². The molecule has 0 radical (unpaired) electrons. The van der Waals surface area contributed by atoms with Gasteiger partial charge in [0.1, 0.15) is 0 Å². The summed E-state index contributed by atoms with van der Waals surface area (Å²) in [6, 6.07) is 0. The maximum absolute atomic E-state index is 2.58. The molecule has 0 aromatic carbocycles. The third-order valence-electron chi connectivity index (χ3n) is 5.09. The van der Waals surface area contributed by atoms with Crippen molar-refractivity contribution in [2.75, 3.05) is 0 Å². The van der Waals surface area contributed by atoms with Gasteiger partial charge in [-0.05, 0) is 48.9 Å². The van der Waals surface area contributed by atoms with Gasteiger partial charge >= 0.3 is 0 Å². The molecule has 2 saturated carbocycles. The summed E-state index contributed by atoms with van der Waals surface area (Å²) in [7, 11) is 0. The normalized spacial score (nSPS) is 55.9. The predicted octanol–water partition coefficient (Wildman–Crippen LogP) is 3.53. The average Bonchev–Trinajstić information content (AvgIpc) is 2.58. The van der Waals surface area contributed by atoms with Crippen LogP contribution in [0.1, 0.15) is 45.4 Å². The molecule has 0 nitrogen and oxygen atoms in total. The van der Waals surface area contributed by atoms with Crippen molar-refractivity contribution in [3.05, 3.63) is 12.2 Å². The Morgan fingerprint density at radius 2 is 2.17 bits per heavy atom. The fourth-order valence-electron chi connectivity index (χ4n) is 4.41. The Morgan fingerprint density at radius 3 is 3.00 bits per heavy atom. The minimum atomic E-state index is 0.674. The quantitative estimate of drug-likeness (QED) is 0.478. The monoisotopic (exact) mass is 162 g/mol. The van der Waals surface area contributed by atoms with Gasteiger partial charge in [0.15, 0.2) is 0 Å². The standard InChI is InChI=1S/C12H18/c1-10-4-9-11-5-2-7-12(10,11)8-3-6-11/h2,7,10H,3-6,8-9H2,1H3/t10?,11-,12+/m0/s1. The highest BCUT2D eigenvalue weighted by atomic mass is 14.6. The number of hydrogen-bond acceptors (Lipinski definition) is 0. The molecule has 12 heavy (non-hydrogen) atoms. The van der Waals surface area contributed by atoms with E-state index in [1.807, 2.05) is 0 Å². The Hall–Kier alpha value is -0.260. The second-order valence-corrected chi connectivity index (χ2v) is 5.22. The molecule has 0 heteroatoms. The summed E-state index contributed by atoms with van der Waals surface area (Å²) in [6.45, 7) is 2.47. The molecule has 0 amide bonds. The van der Waals surface area contributed by atoms with Crippen molar-refractivity contribution >= 4 is 0 Å². The van der Waals surface area contributed by atoms with E-state index < -0.39 is 0 Å². The molecule has 0 bridgehead atoms. The highest BCUT2D eigenvalue weighted by Crippen LogP contribution is 2.70. The SMILES string of the molecule is CC1CC[C@@]23CC=C[C@@]12CCC3. The fourth-order valence-corrected chi connectivity index (χ4v) is 4.41. The zero-order chi connectivity index (χ0) is 8.23. The molecule has 0 aromatic rings. The second kappa shape index (κ2) is 1.97. The molecule has 0 N–H and O–H groups in total. The van der Waals surface area contributed by atoms with E-state index >= 15 is 0 Å². The first-order valence-electron chi connectivity index (χ1n) is 5.47. The van der Waals surface area contributed by atoms with Crippen LogP contribution in [0.2, 0.25) is 0 Å². The van der Waals surface area contributed by atoms with Crippen LogP contribution in [0, 0.1) is 16.7 Å². The molecule has 3 atom stereocenters. The van der Waals surface area contributed by atoms with Gasteiger partial charge in [0.2, 0.25) is 0 Å². The Bertz CT molecular complexity index is 240. The van der Waals surface area contributed by atoms with Crippen LogP contribution >= 0.6 is 0 Å². The molecular weight excluding hydrogens is 144 g/mol. The van der Waals surface area contributed by atoms with E-state index in [9.17, 15) is 0 Å². The maximum atomic E-state index is 2.58. The molecule has 3 aliphatic carbocycles. The lowest BCUT2D eigenvalue weighted by Gasteiger charge is -2.36. The molecule has 0 spiro atoms. The van der Waals surface area contributed by atoms with Crippen molar-refractivity contribution in [1.82, 2.24) is 0 Å². The lowest BCUT2D eigenvalue weighted by Crippen LogP contribution is -2.30. The molecule has 1 unspecified atom stereocenters. The largest absolute Gasteiger partial charge is 0.0874 e. The van der Waals surface area contributed by atoms with Gasteiger partial charge in [0, 0.05) is 0 Å². The molecule has 0 aliphatic heterocycles. The summed E-state index contributed by atoms with van der Waals surface area (Å²) in [4.78, 5) is 0. The third kappa shape index (κ3) is 0.551. The van der Waals surface area contributed by atoms with Crippen molar-refractivity contribution in [2.24, 2.45) is 16.7 Å². The van der Waals surface area contributed by atoms with Crippen LogP contribution in [0.5, 0.6) is 0 Å². The van der Waals surface area contributed by atoms with Gasteiger partial charge in [-0.1, -0.05) is 25.5 Å². The van der Waals surface area contributed by atoms with Crippen molar-refractivity contribution in [1.29, 1.82) is 0 Å². The van der Waals surface area contributed by atoms with Gasteiger partial charge < -0.3 is 0 Å². The van der Waals surface area contributed by atoms with Crippen LogP contribution in [-0.2, 0) is 0 Å². The zero-order valence-corrected chi connectivity index (χ0v) is 7.97. The summed E-state index contributed by atoms with van der Waals surface area (Å²) in [5.41, 5.74) is 1.43. The summed E-state index contributed by atoms with van der Waals surface area (Å²) in [6.07, 6.45) is 14.0. The van der Waals surface area contributed by atoms with Crippen LogP contribution in [-0.4, -0.2) is 0 Å². The minimum Gasteiger partial charge on any atom is -0.0874 e. The van der Waals surface area contributed by atoms with Crippen LogP contribution < -0.4 is 0 Å². The van der Waals surface area contributed by atoms with Crippen molar-refractivity contribution in [3.63, 3.8) is 0 Å². The molecule has 2 fully saturated rings. The van der Waals surface area contributed by atoms with E-state index in [4.69, 9.17) is 0 Å². The topological polar surface area (TPSA) is 0 Å². The van der Waals surface area contributed by atoms with E-state index in [1.165, 1.54) is 38.5 Å². The van der Waals surface area contributed by atoms with Gasteiger partial charge in [-0.2, -0.15) is 0 Å². The first-order chi connectivity index (χ1) is 5.79. The van der Waals surface area contributed by atoms with Crippen LogP contribution in [0.3, 0.4) is 0 Å². The molecule has 3 aliphatic rings. The third-order valence-corrected chi connectivity index (χ3v) is 5.09. The maximum Gasteiger partial charge on any atom is -0.00333 e. The van der Waals surface area contributed by atoms with Gasteiger partial charge in [-0.3, -0.25) is 0 Å². The average molecular weight is 162 g/mol. The zero-order valence-electron chi connectivity index (χ0n) is 7.97. The second-order valence-electron chi connectivity index (χ2n) is 5.22. The summed E-state index contributed by atoms with van der Waals surface area (Å²) >= 11 is 0. The molecular formula is C12H18. The van der Waals surface area contributed by atoms with Crippen molar-refractivity contribution in [3.8, 4) is 0 Å². The van der Waals surface area contributed by atoms with Gasteiger partial charge in [-0.15, -0.1) is 0 Å². The number of allylic oxidation sites excluding steroid dienone is 2. The first kappa shape index (κ1) is 7.17. The van der Waals surface area contributed by atoms with E-state index in [2.05, 4.69) is 19.1 Å². The summed E-state index contributed by atoms with van der Waals surface area (Å²) < 4.78 is 0. The summed E-state index contributed by atoms with van der Waals surface area (Å²) in [5, 5.41) is 0. The van der Waals surface area contributed by atoms with E-state index in [-0.39, 0.29) is 0 Å². The molecule has 0 saturated heterocycles. The molecule has 3 rings (SSSR count). The van der Waals surface area contributed by atoms with Crippen molar-refractivity contribution < 1.29 is 0 Å². The lowest BCUT2D eigenvalue weighted by molar-refractivity contribution is 0.153. The van der Waals surface area contributed by atoms with Crippen LogP contribution in [0.4, 0.5) is 0 Å². The van der Waals surface area contributed by atoms with E-state index in [1.54, 1.807) is 0 Å². The summed E-state index contributed by atoms with van der Waals surface area (Å²) in [5.74, 6) is 0.971. The van der Waals surface area contributed by atoms with Crippen molar-refractivity contribution in [2.45, 2.75) is 45.4 Å². The van der Waals surface area contributed by atoms with Gasteiger partial charge in [0.25, 0.3) is 0 Å². The highest BCUT2D eigenvalue weighted by Gasteiger charge is 2.60. The van der Waals surface area contributed by atoms with Gasteiger partial charge in [0.05, 0.1) is 0 Å². The Balaban J connectivity index is 2.12. The highest BCUT2D eigenvalue weighted by molar-refractivity contribution is 5.24. The molecule has 66 valence electrons. The Morgan fingerprint density at radius 1 is 1.25 bits per heavy atom. The first-order valence-corrected chi connectivity index (χ1v) is 5.47. The molecule has 0 heterocycles. The predicted molar refractivity (Wildman–Crippen MR) is 50.9 cm³/mol. The number of hydrogen-bond donors (Lipinski definition) is 0. The Kier molecular flexibility index (Phi) is 1.18.